The van der Waals surface area contributed by atoms with Gasteiger partial charge in [0.25, 0.3) is 0 Å². The minimum absolute atomic E-state index is 0.00457. The second kappa shape index (κ2) is 6.68. The maximum Gasteiger partial charge on any atom is 0.345 e. The Kier molecular flexibility index (Phi) is 4.63. The van der Waals surface area contributed by atoms with Gasteiger partial charge in [0.05, 0.1) is 0 Å². The van der Waals surface area contributed by atoms with Crippen LogP contribution in [-0.4, -0.2) is 30.2 Å². The minimum atomic E-state index is -0.926. The van der Waals surface area contributed by atoms with E-state index in [2.05, 4.69) is 5.32 Å². The van der Waals surface area contributed by atoms with Crippen LogP contribution < -0.4 is 5.32 Å². The Morgan fingerprint density at radius 3 is 2.74 bits per heavy atom. The lowest BCUT2D eigenvalue weighted by molar-refractivity contribution is -0.122. The molecule has 1 aliphatic heterocycles. The molecule has 2 heterocycles. The van der Waals surface area contributed by atoms with Crippen molar-refractivity contribution in [3.8, 4) is 0 Å². The number of anilines is 1. The molecular formula is C17H19NO4S. The van der Waals surface area contributed by atoms with Crippen LogP contribution in [0.3, 0.4) is 0 Å². The monoisotopic (exact) mass is 333 g/mol. The van der Waals surface area contributed by atoms with Crippen molar-refractivity contribution in [3.05, 3.63) is 29.1 Å². The third-order valence-electron chi connectivity index (χ3n) is 4.38. The lowest BCUT2D eigenvalue weighted by atomic mass is 9.87. The molecule has 0 saturated carbocycles. The normalized spacial score (nSPS) is 17.1. The summed E-state index contributed by atoms with van der Waals surface area (Å²) < 4.78 is 6.24. The molecule has 0 radical (unpaired) electrons. The Morgan fingerprint density at radius 2 is 2.04 bits per heavy atom. The highest BCUT2D eigenvalue weighted by atomic mass is 32.1. The Morgan fingerprint density at radius 1 is 1.30 bits per heavy atom. The van der Waals surface area contributed by atoms with Crippen LogP contribution in [-0.2, 0) is 9.53 Å². The van der Waals surface area contributed by atoms with Gasteiger partial charge in [0.1, 0.15) is 4.88 Å². The summed E-state index contributed by atoms with van der Waals surface area (Å²) in [5.74, 6) is -0.631. The number of carbonyl (C=O) groups excluding carboxylic acids is 1. The maximum absolute atomic E-state index is 12.4. The molecule has 1 saturated heterocycles. The van der Waals surface area contributed by atoms with Crippen LogP contribution in [0.15, 0.2) is 24.3 Å². The van der Waals surface area contributed by atoms with E-state index in [1.165, 1.54) is 11.3 Å². The number of nitrogens with one attached hydrogen (secondary N) is 1. The highest BCUT2D eigenvalue weighted by Crippen LogP contribution is 2.29. The zero-order chi connectivity index (χ0) is 16.4. The summed E-state index contributed by atoms with van der Waals surface area (Å²) in [6.45, 7) is 3.40. The molecule has 0 aliphatic carbocycles. The molecule has 1 unspecified atom stereocenters. The number of benzene rings is 1. The smallest absolute Gasteiger partial charge is 0.345 e. The number of hydrogen-bond donors (Lipinski definition) is 2. The van der Waals surface area contributed by atoms with Crippen molar-refractivity contribution in [2.75, 3.05) is 18.5 Å². The summed E-state index contributed by atoms with van der Waals surface area (Å²) in [4.78, 5) is 23.8. The van der Waals surface area contributed by atoms with Gasteiger partial charge in [-0.3, -0.25) is 4.79 Å². The molecule has 6 heteroatoms. The van der Waals surface area contributed by atoms with Gasteiger partial charge in [-0.15, -0.1) is 11.3 Å². The van der Waals surface area contributed by atoms with Gasteiger partial charge in [-0.1, -0.05) is 6.92 Å². The fourth-order valence-electron chi connectivity index (χ4n) is 2.91. The van der Waals surface area contributed by atoms with Gasteiger partial charge in [-0.25, -0.2) is 4.79 Å². The molecule has 1 atom stereocenters. The lowest BCUT2D eigenvalue weighted by Crippen LogP contribution is -2.30. The van der Waals surface area contributed by atoms with Gasteiger partial charge in [0, 0.05) is 29.5 Å². The molecule has 1 fully saturated rings. The van der Waals surface area contributed by atoms with E-state index in [0.29, 0.717) is 16.5 Å². The molecule has 1 aromatic heterocycles. The van der Waals surface area contributed by atoms with E-state index in [9.17, 15) is 9.59 Å². The van der Waals surface area contributed by atoms with E-state index in [0.717, 1.165) is 36.1 Å². The summed E-state index contributed by atoms with van der Waals surface area (Å²) in [5.41, 5.74) is 0.705. The highest BCUT2D eigenvalue weighted by Gasteiger charge is 2.26. The van der Waals surface area contributed by atoms with E-state index in [1.807, 2.05) is 25.1 Å². The number of rotatable bonds is 4. The first-order chi connectivity index (χ1) is 11.0. The van der Waals surface area contributed by atoms with Crippen molar-refractivity contribution in [3.63, 3.8) is 0 Å². The van der Waals surface area contributed by atoms with Crippen LogP contribution in [0.25, 0.3) is 10.1 Å². The number of aromatic carboxylic acids is 1. The van der Waals surface area contributed by atoms with Crippen LogP contribution in [0.1, 0.15) is 29.4 Å². The lowest BCUT2D eigenvalue weighted by Gasteiger charge is -2.26. The van der Waals surface area contributed by atoms with Crippen LogP contribution in [0.2, 0.25) is 0 Å². The second-order valence-electron chi connectivity index (χ2n) is 5.90. The molecule has 1 aliphatic rings. The third kappa shape index (κ3) is 3.54. The Bertz CT molecular complexity index is 733. The zero-order valence-corrected chi connectivity index (χ0v) is 13.7. The predicted octanol–water partition coefficient (Wildman–Crippen LogP) is 3.60. The van der Waals surface area contributed by atoms with Crippen LogP contribution >= 0.6 is 11.3 Å². The number of ether oxygens (including phenoxy) is 1. The van der Waals surface area contributed by atoms with Gasteiger partial charge in [0.15, 0.2) is 0 Å². The largest absolute Gasteiger partial charge is 0.477 e. The average molecular weight is 333 g/mol. The molecule has 0 bridgehead atoms. The Hall–Kier alpha value is -1.92. The molecule has 23 heavy (non-hydrogen) atoms. The fraction of sp³-hybridized carbons (Fsp3) is 0.412. The number of carboxylic acid groups (broad SMARTS) is 1. The molecule has 1 amide bonds. The van der Waals surface area contributed by atoms with Crippen molar-refractivity contribution in [2.24, 2.45) is 11.8 Å². The zero-order valence-electron chi connectivity index (χ0n) is 12.9. The van der Waals surface area contributed by atoms with Crippen molar-refractivity contribution in [1.82, 2.24) is 0 Å². The van der Waals surface area contributed by atoms with E-state index in [-0.39, 0.29) is 11.8 Å². The van der Waals surface area contributed by atoms with E-state index in [4.69, 9.17) is 9.84 Å². The first-order valence-corrected chi connectivity index (χ1v) is 8.52. The number of thiophene rings is 1. The molecular weight excluding hydrogens is 314 g/mol. The SMILES string of the molecule is CC(C(=O)Nc1ccc2sc(C(=O)O)cc2c1)C1CCOCC1. The first kappa shape index (κ1) is 16.0. The fourth-order valence-corrected chi connectivity index (χ4v) is 3.79. The van der Waals surface area contributed by atoms with Gasteiger partial charge >= 0.3 is 5.97 Å². The molecule has 2 N–H and O–H groups in total. The highest BCUT2D eigenvalue weighted by molar-refractivity contribution is 7.20. The van der Waals surface area contributed by atoms with Crippen molar-refractivity contribution >= 4 is 39.0 Å². The van der Waals surface area contributed by atoms with Gasteiger partial charge < -0.3 is 15.2 Å². The van der Waals surface area contributed by atoms with Crippen LogP contribution in [0, 0.1) is 11.8 Å². The second-order valence-corrected chi connectivity index (χ2v) is 6.98. The summed E-state index contributed by atoms with van der Waals surface area (Å²) in [5, 5.41) is 12.8. The van der Waals surface area contributed by atoms with Gasteiger partial charge in [-0.2, -0.15) is 0 Å². The summed E-state index contributed by atoms with van der Waals surface area (Å²) in [6.07, 6.45) is 1.83. The first-order valence-electron chi connectivity index (χ1n) is 7.70. The molecule has 3 rings (SSSR count). The van der Waals surface area contributed by atoms with Crippen LogP contribution in [0.4, 0.5) is 5.69 Å². The quantitative estimate of drug-likeness (QED) is 0.896. The Labute approximate surface area is 138 Å². The molecule has 0 spiro atoms. The number of carbonyl (C=O) groups is 2. The predicted molar refractivity (Wildman–Crippen MR) is 90.1 cm³/mol. The summed E-state index contributed by atoms with van der Waals surface area (Å²) in [6, 6.07) is 7.13. The number of carboxylic acids is 1. The number of amides is 1. The van der Waals surface area contributed by atoms with Crippen molar-refractivity contribution in [1.29, 1.82) is 0 Å². The number of hydrogen-bond acceptors (Lipinski definition) is 4. The summed E-state index contributed by atoms with van der Waals surface area (Å²) >= 11 is 1.24. The van der Waals surface area contributed by atoms with Gasteiger partial charge in [0.2, 0.25) is 5.91 Å². The third-order valence-corrected chi connectivity index (χ3v) is 5.49. The summed E-state index contributed by atoms with van der Waals surface area (Å²) in [7, 11) is 0. The van der Waals surface area contributed by atoms with E-state index >= 15 is 0 Å². The van der Waals surface area contributed by atoms with Crippen molar-refractivity contribution < 1.29 is 19.4 Å². The molecule has 5 nitrogen and oxygen atoms in total. The van der Waals surface area contributed by atoms with Crippen molar-refractivity contribution in [2.45, 2.75) is 19.8 Å². The molecule has 1 aromatic carbocycles. The minimum Gasteiger partial charge on any atom is -0.477 e. The number of fused-ring (bicyclic) bond motifs is 1. The maximum atomic E-state index is 12.4. The van der Waals surface area contributed by atoms with E-state index < -0.39 is 5.97 Å². The molecule has 122 valence electrons. The van der Waals surface area contributed by atoms with E-state index in [1.54, 1.807) is 6.07 Å². The average Bonchev–Trinajstić information content (AvgIpc) is 2.98. The van der Waals surface area contributed by atoms with Crippen LogP contribution in [0.5, 0.6) is 0 Å². The van der Waals surface area contributed by atoms with Gasteiger partial charge in [-0.05, 0) is 48.4 Å². The molecule has 2 aromatic rings. The standard InChI is InChI=1S/C17H19NO4S/c1-10(11-4-6-22-7-5-11)16(19)18-13-2-3-14-12(8-13)9-15(23-14)17(20)21/h2-3,8-11H,4-7H2,1H3,(H,18,19)(H,20,21). The topological polar surface area (TPSA) is 75.6 Å². The Balaban J connectivity index is 1.72.